The summed E-state index contributed by atoms with van der Waals surface area (Å²) in [4.78, 5) is 0. The molecule has 0 radical (unpaired) electrons. The first-order chi connectivity index (χ1) is 7.91. The molecule has 4 nitrogen and oxygen atoms in total. The highest BCUT2D eigenvalue weighted by Crippen LogP contribution is 2.23. The summed E-state index contributed by atoms with van der Waals surface area (Å²) in [5.74, 6) is 0. The average molecular weight is 260 g/mol. The predicted octanol–water partition coefficient (Wildman–Crippen LogP) is 2.16. The highest BCUT2D eigenvalue weighted by atomic mass is 35.5. The van der Waals surface area contributed by atoms with Gasteiger partial charge in [0.1, 0.15) is 0 Å². The maximum Gasteiger partial charge on any atom is 0.0847 e. The van der Waals surface area contributed by atoms with Crippen molar-refractivity contribution in [3.8, 4) is 0 Å². The highest BCUT2D eigenvalue weighted by molar-refractivity contribution is 6.31. The fraction of sp³-hybridized carbons (Fsp3) is 0.750. The van der Waals surface area contributed by atoms with Crippen LogP contribution in [0.3, 0.4) is 0 Å². The Balaban J connectivity index is 2.86. The Morgan fingerprint density at radius 3 is 2.65 bits per heavy atom. The predicted molar refractivity (Wildman–Crippen MR) is 70.4 cm³/mol. The van der Waals surface area contributed by atoms with E-state index in [9.17, 15) is 0 Å². The van der Waals surface area contributed by atoms with Gasteiger partial charge in [0.2, 0.25) is 0 Å². The minimum Gasteiger partial charge on any atom is -0.380 e. The number of nitrogens with two attached hydrogens (primary N) is 1. The molecular formula is C12H22ClN3O. The third kappa shape index (κ3) is 3.69. The monoisotopic (exact) mass is 259 g/mol. The second kappa shape index (κ2) is 5.85. The minimum atomic E-state index is -0.418. The van der Waals surface area contributed by atoms with Gasteiger partial charge in [0.05, 0.1) is 23.0 Å². The Labute approximate surface area is 108 Å². The quantitative estimate of drug-likeness (QED) is 0.852. The van der Waals surface area contributed by atoms with Gasteiger partial charge < -0.3 is 10.5 Å². The zero-order chi connectivity index (χ0) is 13.1. The van der Waals surface area contributed by atoms with Crippen molar-refractivity contribution in [2.75, 3.05) is 13.2 Å². The molecule has 0 aliphatic heterocycles. The number of rotatable bonds is 6. The van der Waals surface area contributed by atoms with Crippen LogP contribution in [0.15, 0.2) is 0 Å². The first kappa shape index (κ1) is 14.5. The molecule has 1 rings (SSSR count). The maximum atomic E-state index is 6.25. The number of aromatic nitrogens is 2. The van der Waals surface area contributed by atoms with Crippen molar-refractivity contribution in [1.29, 1.82) is 0 Å². The molecule has 5 heteroatoms. The van der Waals surface area contributed by atoms with Crippen molar-refractivity contribution in [1.82, 2.24) is 9.78 Å². The number of hydrogen-bond acceptors (Lipinski definition) is 3. The Hall–Kier alpha value is -0.580. The number of nitrogens with zero attached hydrogens (tertiary/aromatic N) is 2. The van der Waals surface area contributed by atoms with E-state index in [-0.39, 0.29) is 0 Å². The molecule has 1 heterocycles. The molecule has 1 unspecified atom stereocenters. The summed E-state index contributed by atoms with van der Waals surface area (Å²) < 4.78 is 7.30. The summed E-state index contributed by atoms with van der Waals surface area (Å²) in [5.41, 5.74) is 7.65. The van der Waals surface area contributed by atoms with Crippen LogP contribution in [0.1, 0.15) is 32.2 Å². The molecule has 17 heavy (non-hydrogen) atoms. The van der Waals surface area contributed by atoms with Crippen LogP contribution in [0.4, 0.5) is 0 Å². The fourth-order valence-corrected chi connectivity index (χ4v) is 2.01. The van der Waals surface area contributed by atoms with Gasteiger partial charge in [-0.15, -0.1) is 0 Å². The zero-order valence-electron chi connectivity index (χ0n) is 11.1. The number of ether oxygens (including phenoxy) is 1. The zero-order valence-corrected chi connectivity index (χ0v) is 11.8. The van der Waals surface area contributed by atoms with Crippen LogP contribution >= 0.6 is 11.6 Å². The van der Waals surface area contributed by atoms with E-state index in [1.54, 1.807) is 0 Å². The Kier molecular flexibility index (Phi) is 4.98. The molecule has 0 bridgehead atoms. The standard InChI is InChI=1S/C12H22ClN3O/c1-5-16-10(11(13)9(3)15-16)7-12(4,14)8-17-6-2/h5-8,14H2,1-4H3. The van der Waals surface area contributed by atoms with Crippen molar-refractivity contribution >= 4 is 11.6 Å². The van der Waals surface area contributed by atoms with Gasteiger partial charge in [-0.3, -0.25) is 4.68 Å². The second-order valence-electron chi connectivity index (χ2n) is 4.63. The lowest BCUT2D eigenvalue weighted by molar-refractivity contribution is 0.100. The van der Waals surface area contributed by atoms with E-state index >= 15 is 0 Å². The first-order valence-electron chi connectivity index (χ1n) is 5.99. The topological polar surface area (TPSA) is 53.1 Å². The molecule has 0 saturated heterocycles. The van der Waals surface area contributed by atoms with Gasteiger partial charge >= 0.3 is 0 Å². The molecule has 2 N–H and O–H groups in total. The molecule has 0 fully saturated rings. The lowest BCUT2D eigenvalue weighted by Crippen LogP contribution is -2.44. The lowest BCUT2D eigenvalue weighted by atomic mass is 9.98. The van der Waals surface area contributed by atoms with Crippen LogP contribution < -0.4 is 5.73 Å². The van der Waals surface area contributed by atoms with E-state index < -0.39 is 5.54 Å². The number of halogens is 1. The molecule has 0 aliphatic rings. The molecular weight excluding hydrogens is 238 g/mol. The SMILES string of the molecule is CCOCC(C)(N)Cc1c(Cl)c(C)nn1CC. The van der Waals surface area contributed by atoms with Crippen molar-refractivity contribution in [2.24, 2.45) is 5.73 Å². The van der Waals surface area contributed by atoms with Crippen molar-refractivity contribution in [3.63, 3.8) is 0 Å². The van der Waals surface area contributed by atoms with Gasteiger partial charge in [0.15, 0.2) is 0 Å². The van der Waals surface area contributed by atoms with Gasteiger partial charge in [-0.25, -0.2) is 0 Å². The molecule has 0 aliphatic carbocycles. The maximum absolute atomic E-state index is 6.25. The molecule has 0 amide bonds. The molecule has 1 atom stereocenters. The molecule has 1 aromatic heterocycles. The van der Waals surface area contributed by atoms with Gasteiger partial charge in [-0.05, 0) is 27.7 Å². The molecule has 0 aromatic carbocycles. The summed E-state index contributed by atoms with van der Waals surface area (Å²) in [7, 11) is 0. The Morgan fingerprint density at radius 1 is 1.47 bits per heavy atom. The second-order valence-corrected chi connectivity index (χ2v) is 5.01. The Bertz CT molecular complexity index is 374. The highest BCUT2D eigenvalue weighted by Gasteiger charge is 2.24. The van der Waals surface area contributed by atoms with E-state index in [1.807, 2.05) is 32.4 Å². The minimum absolute atomic E-state index is 0.418. The van der Waals surface area contributed by atoms with Gasteiger partial charge in [0, 0.05) is 25.1 Å². The van der Waals surface area contributed by atoms with Crippen LogP contribution in [0.5, 0.6) is 0 Å². The van der Waals surface area contributed by atoms with Crippen LogP contribution in [0.25, 0.3) is 0 Å². The molecule has 98 valence electrons. The van der Waals surface area contributed by atoms with E-state index in [0.717, 1.165) is 23.0 Å². The van der Waals surface area contributed by atoms with Gasteiger partial charge in [0.25, 0.3) is 0 Å². The lowest BCUT2D eigenvalue weighted by Gasteiger charge is -2.24. The summed E-state index contributed by atoms with van der Waals surface area (Å²) in [6, 6.07) is 0. The largest absolute Gasteiger partial charge is 0.380 e. The smallest absolute Gasteiger partial charge is 0.0847 e. The summed E-state index contributed by atoms with van der Waals surface area (Å²) in [6.45, 7) is 9.88. The van der Waals surface area contributed by atoms with E-state index in [0.29, 0.717) is 19.6 Å². The Morgan fingerprint density at radius 2 is 2.12 bits per heavy atom. The first-order valence-corrected chi connectivity index (χ1v) is 6.37. The van der Waals surface area contributed by atoms with Gasteiger partial charge in [-0.1, -0.05) is 11.6 Å². The van der Waals surface area contributed by atoms with E-state index in [2.05, 4.69) is 5.10 Å². The van der Waals surface area contributed by atoms with E-state index in [4.69, 9.17) is 22.1 Å². The van der Waals surface area contributed by atoms with Crippen LogP contribution in [0.2, 0.25) is 5.02 Å². The van der Waals surface area contributed by atoms with Crippen molar-refractivity contribution < 1.29 is 4.74 Å². The fourth-order valence-electron chi connectivity index (χ4n) is 1.81. The van der Waals surface area contributed by atoms with Crippen molar-refractivity contribution in [2.45, 2.75) is 46.2 Å². The van der Waals surface area contributed by atoms with Crippen LogP contribution in [-0.4, -0.2) is 28.5 Å². The normalized spacial score (nSPS) is 14.9. The number of aryl methyl sites for hydroxylation is 2. The van der Waals surface area contributed by atoms with Gasteiger partial charge in [-0.2, -0.15) is 5.10 Å². The summed E-state index contributed by atoms with van der Waals surface area (Å²) in [5, 5.41) is 5.10. The molecule has 0 spiro atoms. The summed E-state index contributed by atoms with van der Waals surface area (Å²) in [6.07, 6.45) is 0.667. The van der Waals surface area contributed by atoms with Crippen LogP contribution in [0, 0.1) is 6.92 Å². The third-order valence-electron chi connectivity index (χ3n) is 2.66. The average Bonchev–Trinajstić information content (AvgIpc) is 2.54. The number of hydrogen-bond donors (Lipinski definition) is 1. The molecule has 0 saturated carbocycles. The summed E-state index contributed by atoms with van der Waals surface area (Å²) >= 11 is 6.25. The van der Waals surface area contributed by atoms with E-state index in [1.165, 1.54) is 0 Å². The molecule has 1 aromatic rings. The van der Waals surface area contributed by atoms with Crippen LogP contribution in [-0.2, 0) is 17.7 Å². The van der Waals surface area contributed by atoms with Crippen molar-refractivity contribution in [3.05, 3.63) is 16.4 Å². The third-order valence-corrected chi connectivity index (χ3v) is 3.15.